The SMILES string of the molecule is CC(C)CC(C)CC(=O)O.CCC(CO)(CO)CO. The summed E-state index contributed by atoms with van der Waals surface area (Å²) in [7, 11) is 0. The largest absolute Gasteiger partial charge is 0.481 e. The Kier molecular flexibility index (Phi) is 12.2. The average Bonchev–Trinajstić information content (AvgIpc) is 2.31. The van der Waals surface area contributed by atoms with E-state index in [2.05, 4.69) is 13.8 Å². The van der Waals surface area contributed by atoms with Crippen LogP contribution in [0.15, 0.2) is 0 Å². The Morgan fingerprint density at radius 3 is 1.63 bits per heavy atom. The van der Waals surface area contributed by atoms with Crippen LogP contribution in [-0.2, 0) is 4.79 Å². The lowest BCUT2D eigenvalue weighted by Crippen LogP contribution is -2.32. The number of aliphatic carboxylic acids is 1. The molecule has 19 heavy (non-hydrogen) atoms. The minimum atomic E-state index is -0.687. The molecule has 0 rings (SSSR count). The molecule has 0 heterocycles. The molecule has 1 unspecified atom stereocenters. The highest BCUT2D eigenvalue weighted by atomic mass is 16.4. The van der Waals surface area contributed by atoms with Crippen molar-refractivity contribution in [3.05, 3.63) is 0 Å². The van der Waals surface area contributed by atoms with E-state index in [1.54, 1.807) is 0 Å². The van der Waals surface area contributed by atoms with Gasteiger partial charge in [0, 0.05) is 11.8 Å². The standard InChI is InChI=1S/C8H16O2.C6H14O3/c1-6(2)4-7(3)5-8(9)10;1-2-6(3-7,4-8)5-9/h6-7H,4-5H2,1-3H3,(H,9,10);7-9H,2-5H2,1H3. The van der Waals surface area contributed by atoms with E-state index in [4.69, 9.17) is 20.4 Å². The summed E-state index contributed by atoms with van der Waals surface area (Å²) < 4.78 is 0. The molecule has 0 radical (unpaired) electrons. The van der Waals surface area contributed by atoms with Crippen LogP contribution in [0.1, 0.15) is 47.0 Å². The summed E-state index contributed by atoms with van der Waals surface area (Å²) in [5, 5.41) is 34.4. The van der Waals surface area contributed by atoms with Gasteiger partial charge in [-0.2, -0.15) is 0 Å². The van der Waals surface area contributed by atoms with Gasteiger partial charge in [-0.15, -0.1) is 0 Å². The van der Waals surface area contributed by atoms with Crippen LogP contribution in [0.2, 0.25) is 0 Å². The zero-order chi connectivity index (χ0) is 15.5. The van der Waals surface area contributed by atoms with Crippen molar-refractivity contribution in [3.63, 3.8) is 0 Å². The van der Waals surface area contributed by atoms with E-state index in [1.165, 1.54) is 0 Å². The van der Waals surface area contributed by atoms with Crippen LogP contribution in [0.3, 0.4) is 0 Å². The maximum Gasteiger partial charge on any atom is 0.303 e. The second kappa shape index (κ2) is 11.2. The van der Waals surface area contributed by atoms with Crippen LogP contribution < -0.4 is 0 Å². The van der Waals surface area contributed by atoms with E-state index >= 15 is 0 Å². The molecule has 0 amide bonds. The number of carboxylic acid groups (broad SMARTS) is 1. The van der Waals surface area contributed by atoms with Gasteiger partial charge in [-0.3, -0.25) is 4.79 Å². The van der Waals surface area contributed by atoms with Crippen molar-refractivity contribution in [1.82, 2.24) is 0 Å². The molecule has 0 bridgehead atoms. The third kappa shape index (κ3) is 10.9. The molecule has 0 aromatic heterocycles. The topological polar surface area (TPSA) is 98.0 Å². The fraction of sp³-hybridized carbons (Fsp3) is 0.929. The molecular weight excluding hydrogens is 248 g/mol. The van der Waals surface area contributed by atoms with Crippen molar-refractivity contribution in [1.29, 1.82) is 0 Å². The first kappa shape index (κ1) is 20.7. The van der Waals surface area contributed by atoms with Crippen LogP contribution in [0.5, 0.6) is 0 Å². The molecule has 4 N–H and O–H groups in total. The van der Waals surface area contributed by atoms with Crippen molar-refractivity contribution < 1.29 is 25.2 Å². The first-order valence-electron chi connectivity index (χ1n) is 6.81. The molecule has 5 nitrogen and oxygen atoms in total. The van der Waals surface area contributed by atoms with Crippen molar-refractivity contribution >= 4 is 5.97 Å². The first-order valence-corrected chi connectivity index (χ1v) is 6.81. The predicted molar refractivity (Wildman–Crippen MR) is 74.9 cm³/mol. The number of aliphatic hydroxyl groups is 3. The quantitative estimate of drug-likeness (QED) is 0.539. The lowest BCUT2D eigenvalue weighted by atomic mass is 9.88. The smallest absolute Gasteiger partial charge is 0.303 e. The van der Waals surface area contributed by atoms with Crippen molar-refractivity contribution in [2.45, 2.75) is 47.0 Å². The van der Waals surface area contributed by atoms with E-state index < -0.39 is 11.4 Å². The molecule has 0 aliphatic heterocycles. The molecule has 0 spiro atoms. The van der Waals surface area contributed by atoms with Gasteiger partial charge >= 0.3 is 5.97 Å². The zero-order valence-corrected chi connectivity index (χ0v) is 12.6. The van der Waals surface area contributed by atoms with E-state index in [0.29, 0.717) is 24.7 Å². The summed E-state index contributed by atoms with van der Waals surface area (Å²) >= 11 is 0. The summed E-state index contributed by atoms with van der Waals surface area (Å²) in [6.07, 6.45) is 1.90. The molecule has 1 atom stereocenters. The average molecular weight is 278 g/mol. The van der Waals surface area contributed by atoms with E-state index in [-0.39, 0.29) is 19.8 Å². The second-order valence-electron chi connectivity index (χ2n) is 5.66. The molecule has 0 fully saturated rings. The number of carboxylic acids is 1. The van der Waals surface area contributed by atoms with Crippen LogP contribution in [0.25, 0.3) is 0 Å². The number of carbonyl (C=O) groups is 1. The van der Waals surface area contributed by atoms with Gasteiger partial charge in [0.1, 0.15) is 0 Å². The van der Waals surface area contributed by atoms with Crippen LogP contribution >= 0.6 is 0 Å². The Bertz CT molecular complexity index is 206. The van der Waals surface area contributed by atoms with Gasteiger partial charge < -0.3 is 20.4 Å². The molecule has 0 saturated heterocycles. The Balaban J connectivity index is 0. The van der Waals surface area contributed by atoms with Gasteiger partial charge in [0.15, 0.2) is 0 Å². The van der Waals surface area contributed by atoms with Crippen LogP contribution in [0, 0.1) is 17.3 Å². The number of aliphatic hydroxyl groups excluding tert-OH is 3. The Labute approximate surface area is 116 Å². The molecule has 5 heteroatoms. The lowest BCUT2D eigenvalue weighted by molar-refractivity contribution is -0.138. The molecule has 0 aromatic rings. The van der Waals surface area contributed by atoms with Gasteiger partial charge in [0.2, 0.25) is 0 Å². The normalized spacial score (nSPS) is 12.8. The van der Waals surface area contributed by atoms with Crippen molar-refractivity contribution in [3.8, 4) is 0 Å². The maximum absolute atomic E-state index is 10.2. The summed E-state index contributed by atoms with van der Waals surface area (Å²) in [4.78, 5) is 10.2. The highest BCUT2D eigenvalue weighted by Crippen LogP contribution is 2.18. The van der Waals surface area contributed by atoms with E-state index in [1.807, 2.05) is 13.8 Å². The third-order valence-electron chi connectivity index (χ3n) is 3.15. The first-order chi connectivity index (χ1) is 8.76. The fourth-order valence-corrected chi connectivity index (χ4v) is 1.67. The van der Waals surface area contributed by atoms with Gasteiger partial charge in [-0.1, -0.05) is 27.7 Å². The molecular formula is C14H30O5. The highest BCUT2D eigenvalue weighted by molar-refractivity contribution is 5.66. The summed E-state index contributed by atoms with van der Waals surface area (Å²) in [5.41, 5.74) is -0.667. The van der Waals surface area contributed by atoms with Gasteiger partial charge in [-0.25, -0.2) is 0 Å². The Morgan fingerprint density at radius 1 is 1.05 bits per heavy atom. The minimum Gasteiger partial charge on any atom is -0.481 e. The molecule has 0 aliphatic carbocycles. The van der Waals surface area contributed by atoms with Crippen molar-refractivity contribution in [2.24, 2.45) is 17.3 Å². The fourth-order valence-electron chi connectivity index (χ4n) is 1.67. The third-order valence-corrected chi connectivity index (χ3v) is 3.15. The molecule has 0 saturated carbocycles. The summed E-state index contributed by atoms with van der Waals surface area (Å²) in [5.74, 6) is 0.236. The zero-order valence-electron chi connectivity index (χ0n) is 12.6. The Hall–Kier alpha value is -0.650. The maximum atomic E-state index is 10.2. The number of hydrogen-bond acceptors (Lipinski definition) is 4. The minimum absolute atomic E-state index is 0.156. The summed E-state index contributed by atoms with van der Waals surface area (Å²) in [6.45, 7) is 7.55. The molecule has 0 aromatic carbocycles. The number of rotatable bonds is 8. The number of hydrogen-bond donors (Lipinski definition) is 4. The van der Waals surface area contributed by atoms with Crippen molar-refractivity contribution in [2.75, 3.05) is 19.8 Å². The molecule has 0 aliphatic rings. The van der Waals surface area contributed by atoms with E-state index in [9.17, 15) is 4.79 Å². The Morgan fingerprint density at radius 2 is 1.47 bits per heavy atom. The van der Waals surface area contributed by atoms with Gasteiger partial charge in [-0.05, 0) is 24.7 Å². The lowest BCUT2D eigenvalue weighted by Gasteiger charge is -2.24. The van der Waals surface area contributed by atoms with Crippen LogP contribution in [-0.4, -0.2) is 46.2 Å². The van der Waals surface area contributed by atoms with Gasteiger partial charge in [0.25, 0.3) is 0 Å². The summed E-state index contributed by atoms with van der Waals surface area (Å²) in [6, 6.07) is 0. The van der Waals surface area contributed by atoms with Gasteiger partial charge in [0.05, 0.1) is 19.8 Å². The predicted octanol–water partition coefficient (Wildman–Crippen LogP) is 1.50. The van der Waals surface area contributed by atoms with E-state index in [0.717, 1.165) is 6.42 Å². The monoisotopic (exact) mass is 278 g/mol. The highest BCUT2D eigenvalue weighted by Gasteiger charge is 2.24. The molecule has 116 valence electrons. The second-order valence-corrected chi connectivity index (χ2v) is 5.66. The van der Waals surface area contributed by atoms with Crippen LogP contribution in [0.4, 0.5) is 0 Å².